The van der Waals surface area contributed by atoms with Crippen LogP contribution in [0.5, 0.6) is 11.5 Å². The number of fused-ring (bicyclic) bond motifs is 2. The molecule has 4 aliphatic heterocycles. The van der Waals surface area contributed by atoms with Crippen LogP contribution in [-0.2, 0) is 34.0 Å². The summed E-state index contributed by atoms with van der Waals surface area (Å²) in [5, 5.41) is 0. The van der Waals surface area contributed by atoms with Crippen LogP contribution in [0.2, 0.25) is 0 Å². The molecular formula is C34H26N4O6. The molecule has 0 unspecified atom stereocenters. The number of hydrogen-bond donors (Lipinski definition) is 0. The normalized spacial score (nSPS) is 24.8. The van der Waals surface area contributed by atoms with Gasteiger partial charge in [-0.3, -0.25) is 29.2 Å². The van der Waals surface area contributed by atoms with E-state index in [0.717, 1.165) is 0 Å². The highest BCUT2D eigenvalue weighted by Gasteiger charge is 2.80. The van der Waals surface area contributed by atoms with E-state index < -0.39 is 35.0 Å². The van der Waals surface area contributed by atoms with Gasteiger partial charge in [0.2, 0.25) is 5.66 Å². The molecule has 218 valence electrons. The molecule has 5 aliphatic rings. The molecule has 8 rings (SSSR count). The number of carbonyl (C=O) groups excluding carboxylic acids is 4. The van der Waals surface area contributed by atoms with Gasteiger partial charge in [-0.2, -0.15) is 0 Å². The van der Waals surface area contributed by atoms with Gasteiger partial charge in [0.25, 0.3) is 0 Å². The van der Waals surface area contributed by atoms with Crippen LogP contribution in [0.4, 0.5) is 9.59 Å². The monoisotopic (exact) mass is 586 g/mol. The van der Waals surface area contributed by atoms with Gasteiger partial charge >= 0.3 is 12.1 Å². The van der Waals surface area contributed by atoms with Crippen molar-refractivity contribution in [1.29, 1.82) is 0 Å². The number of amides is 4. The molecule has 44 heavy (non-hydrogen) atoms. The van der Waals surface area contributed by atoms with Crippen LogP contribution in [0.3, 0.4) is 0 Å². The number of ether oxygens (including phenoxy) is 2. The third kappa shape index (κ3) is 2.89. The zero-order valence-corrected chi connectivity index (χ0v) is 23.9. The first kappa shape index (κ1) is 26.0. The topological polar surface area (TPSA) is 99.7 Å². The zero-order valence-electron chi connectivity index (χ0n) is 23.9. The Morgan fingerprint density at radius 2 is 0.977 bits per heavy atom. The summed E-state index contributed by atoms with van der Waals surface area (Å²) in [6, 6.07) is 21.4. The average Bonchev–Trinajstić information content (AvgIpc) is 3.22. The van der Waals surface area contributed by atoms with Crippen LogP contribution in [-0.4, -0.2) is 57.4 Å². The van der Waals surface area contributed by atoms with E-state index >= 15 is 9.59 Å². The molecule has 4 amide bonds. The Kier molecular flexibility index (Phi) is 5.28. The van der Waals surface area contributed by atoms with Crippen molar-refractivity contribution in [3.8, 4) is 11.5 Å². The number of urea groups is 2. The summed E-state index contributed by atoms with van der Waals surface area (Å²) >= 11 is 0. The molecule has 2 saturated heterocycles. The first-order valence-electron chi connectivity index (χ1n) is 14.2. The summed E-state index contributed by atoms with van der Waals surface area (Å²) in [5.74, 6) is 0.253. The van der Waals surface area contributed by atoms with Crippen LogP contribution in [0, 0.1) is 0 Å². The van der Waals surface area contributed by atoms with Crippen molar-refractivity contribution in [2.75, 3.05) is 14.2 Å². The molecule has 0 saturated carbocycles. The van der Waals surface area contributed by atoms with Crippen molar-refractivity contribution in [1.82, 2.24) is 19.6 Å². The molecule has 0 aromatic heterocycles. The largest absolute Gasteiger partial charge is 0.496 e. The number of nitrogens with zero attached hydrogens (tertiary/aromatic N) is 4. The Labute approximate surface area is 252 Å². The number of allylic oxidation sites excluding steroid dienone is 4. The third-order valence-corrected chi connectivity index (χ3v) is 9.33. The summed E-state index contributed by atoms with van der Waals surface area (Å²) in [5.41, 5.74) is -0.212. The fourth-order valence-corrected chi connectivity index (χ4v) is 7.60. The van der Waals surface area contributed by atoms with Crippen LogP contribution >= 0.6 is 0 Å². The van der Waals surface area contributed by atoms with Gasteiger partial charge in [-0.25, -0.2) is 9.59 Å². The summed E-state index contributed by atoms with van der Waals surface area (Å²) in [6.07, 6.45) is 5.30. The van der Waals surface area contributed by atoms with Crippen LogP contribution in [0.25, 0.3) is 0 Å². The minimum Gasteiger partial charge on any atom is -0.496 e. The number of benzene rings is 3. The van der Waals surface area contributed by atoms with Crippen molar-refractivity contribution >= 4 is 23.6 Å². The second-order valence-corrected chi connectivity index (χ2v) is 11.1. The lowest BCUT2D eigenvalue weighted by Gasteiger charge is -2.48. The lowest BCUT2D eigenvalue weighted by atomic mass is 9.80. The molecule has 0 N–H and O–H groups in total. The van der Waals surface area contributed by atoms with Crippen LogP contribution in [0.1, 0.15) is 22.3 Å². The Morgan fingerprint density at radius 3 is 1.39 bits per heavy atom. The maximum absolute atomic E-state index is 15.1. The van der Waals surface area contributed by atoms with Gasteiger partial charge in [0.1, 0.15) is 11.5 Å². The highest BCUT2D eigenvalue weighted by atomic mass is 16.5. The molecule has 0 bridgehead atoms. The van der Waals surface area contributed by atoms with Gasteiger partial charge in [0.15, 0.2) is 17.2 Å². The highest BCUT2D eigenvalue weighted by molar-refractivity contribution is 6.25. The molecular weight excluding hydrogens is 560 g/mol. The van der Waals surface area contributed by atoms with Gasteiger partial charge in [-0.1, -0.05) is 60.7 Å². The quantitative estimate of drug-likeness (QED) is 0.450. The van der Waals surface area contributed by atoms with E-state index in [1.807, 2.05) is 60.7 Å². The van der Waals surface area contributed by atoms with Crippen LogP contribution < -0.4 is 9.47 Å². The molecule has 0 atom stereocenters. The predicted molar refractivity (Wildman–Crippen MR) is 157 cm³/mol. The maximum Gasteiger partial charge on any atom is 0.329 e. The average molecular weight is 587 g/mol. The van der Waals surface area contributed by atoms with E-state index in [4.69, 9.17) is 9.47 Å². The first-order chi connectivity index (χ1) is 21.4. The minimum absolute atomic E-state index is 0.0513. The molecule has 3 aromatic rings. The SMILES string of the molecule is COc1ccc(OC)c2c1CN1C(=O)N3C=C4C(=O)C=CC(=O)C4=CN4C(=O)N(C2)C1(c1ccccc1)C34c1ccccc1. The number of rotatable bonds is 4. The Balaban J connectivity index is 1.55. The summed E-state index contributed by atoms with van der Waals surface area (Å²) < 4.78 is 11.6. The Morgan fingerprint density at radius 1 is 0.568 bits per heavy atom. The molecule has 4 heterocycles. The molecule has 10 heteroatoms. The zero-order chi connectivity index (χ0) is 30.4. The van der Waals surface area contributed by atoms with Crippen molar-refractivity contribution in [3.05, 3.63) is 131 Å². The molecule has 2 fully saturated rings. The summed E-state index contributed by atoms with van der Waals surface area (Å²) in [6.45, 7) is 0.136. The second kappa shape index (κ2) is 8.93. The Hall–Kier alpha value is -5.64. The summed E-state index contributed by atoms with van der Waals surface area (Å²) in [4.78, 5) is 62.9. The van der Waals surface area contributed by atoms with E-state index in [-0.39, 0.29) is 24.2 Å². The van der Waals surface area contributed by atoms with Gasteiger partial charge < -0.3 is 9.47 Å². The molecule has 0 radical (unpaired) electrons. The molecule has 0 spiro atoms. The van der Waals surface area contributed by atoms with Crippen molar-refractivity contribution in [2.24, 2.45) is 0 Å². The van der Waals surface area contributed by atoms with E-state index in [1.165, 1.54) is 34.4 Å². The van der Waals surface area contributed by atoms with Gasteiger partial charge in [0, 0.05) is 34.7 Å². The van der Waals surface area contributed by atoms with Gasteiger partial charge in [-0.05, 0) is 24.3 Å². The van der Waals surface area contributed by atoms with Gasteiger partial charge in [0.05, 0.1) is 38.5 Å². The number of hydrogen-bond acceptors (Lipinski definition) is 6. The predicted octanol–water partition coefficient (Wildman–Crippen LogP) is 4.39. The molecule has 3 aromatic carbocycles. The van der Waals surface area contributed by atoms with E-state index in [1.54, 1.807) is 36.2 Å². The molecule has 10 nitrogen and oxygen atoms in total. The third-order valence-electron chi connectivity index (χ3n) is 9.33. The fraction of sp³-hybridized carbons (Fsp3) is 0.176. The smallest absolute Gasteiger partial charge is 0.329 e. The van der Waals surface area contributed by atoms with Crippen molar-refractivity contribution in [2.45, 2.75) is 24.4 Å². The van der Waals surface area contributed by atoms with Gasteiger partial charge in [-0.15, -0.1) is 0 Å². The second-order valence-electron chi connectivity index (χ2n) is 11.1. The summed E-state index contributed by atoms with van der Waals surface area (Å²) in [7, 11) is 3.13. The molecule has 1 aliphatic carbocycles. The van der Waals surface area contributed by atoms with E-state index in [0.29, 0.717) is 33.8 Å². The Bertz CT molecular complexity index is 1810. The number of ketones is 2. The number of methoxy groups -OCH3 is 2. The first-order valence-corrected chi connectivity index (χ1v) is 14.2. The van der Waals surface area contributed by atoms with Crippen LogP contribution in [0.15, 0.2) is 108 Å². The number of carbonyl (C=O) groups is 4. The maximum atomic E-state index is 15.1. The fourth-order valence-electron chi connectivity index (χ4n) is 7.60. The minimum atomic E-state index is -1.57. The highest BCUT2D eigenvalue weighted by Crippen LogP contribution is 2.65. The van der Waals surface area contributed by atoms with Crippen molar-refractivity contribution in [3.63, 3.8) is 0 Å². The van der Waals surface area contributed by atoms with E-state index in [9.17, 15) is 9.59 Å². The van der Waals surface area contributed by atoms with E-state index in [2.05, 4.69) is 0 Å². The van der Waals surface area contributed by atoms with Crippen molar-refractivity contribution < 1.29 is 28.7 Å². The standard InChI is InChI=1S/C34H26N4O6/c1-43-29-15-16-30(44-2)26-20-38-32(42)36-18-24-23(27(39)13-14-28(24)40)17-35-31(41)37(19-25(26)29)34(38,22-11-7-4-8-12-22)33(35,36)21-9-5-3-6-10-21/h3-18H,19-20H2,1-2H3. The lowest BCUT2D eigenvalue weighted by Crippen LogP contribution is -2.61. The lowest BCUT2D eigenvalue weighted by molar-refractivity contribution is -0.115.